The van der Waals surface area contributed by atoms with Crippen molar-refractivity contribution in [1.82, 2.24) is 14.6 Å². The molecular formula is C15H15N5O. The maximum atomic E-state index is 11.0. The number of anilines is 1. The van der Waals surface area contributed by atoms with Crippen LogP contribution in [-0.2, 0) is 4.79 Å². The van der Waals surface area contributed by atoms with E-state index in [1.807, 2.05) is 49.4 Å². The van der Waals surface area contributed by atoms with Gasteiger partial charge in [0.05, 0.1) is 17.9 Å². The predicted molar refractivity (Wildman–Crippen MR) is 80.8 cm³/mol. The highest BCUT2D eigenvalue weighted by atomic mass is 16.1. The van der Waals surface area contributed by atoms with Crippen molar-refractivity contribution < 1.29 is 4.79 Å². The number of hydrogen-bond acceptors (Lipinski definition) is 4. The minimum atomic E-state index is -0.426. The minimum absolute atomic E-state index is 0.0479. The zero-order valence-corrected chi connectivity index (χ0v) is 11.6. The highest BCUT2D eigenvalue weighted by Gasteiger charge is 2.09. The molecule has 0 fully saturated rings. The Kier molecular flexibility index (Phi) is 3.27. The van der Waals surface area contributed by atoms with Gasteiger partial charge in [0.1, 0.15) is 5.82 Å². The summed E-state index contributed by atoms with van der Waals surface area (Å²) in [6.07, 6.45) is 0. The van der Waals surface area contributed by atoms with Crippen molar-refractivity contribution in [1.29, 1.82) is 0 Å². The number of nitrogens with one attached hydrogen (secondary N) is 1. The maximum absolute atomic E-state index is 11.0. The Morgan fingerprint density at radius 2 is 2.05 bits per heavy atom. The summed E-state index contributed by atoms with van der Waals surface area (Å²) in [5, 5.41) is 7.36. The van der Waals surface area contributed by atoms with Crippen molar-refractivity contribution in [2.45, 2.75) is 6.92 Å². The van der Waals surface area contributed by atoms with Gasteiger partial charge < -0.3 is 11.1 Å². The smallest absolute Gasteiger partial charge is 0.236 e. The number of benzene rings is 1. The second-order valence-corrected chi connectivity index (χ2v) is 4.77. The number of carbonyl (C=O) groups excluding carboxylic acids is 1. The van der Waals surface area contributed by atoms with E-state index < -0.39 is 5.91 Å². The maximum Gasteiger partial charge on any atom is 0.236 e. The molecule has 0 radical (unpaired) electrons. The first-order chi connectivity index (χ1) is 10.1. The quantitative estimate of drug-likeness (QED) is 0.760. The monoisotopic (exact) mass is 281 g/mol. The van der Waals surface area contributed by atoms with E-state index in [4.69, 9.17) is 5.73 Å². The van der Waals surface area contributed by atoms with Gasteiger partial charge in [-0.2, -0.15) is 9.61 Å². The number of aryl methyl sites for hydroxylation is 1. The van der Waals surface area contributed by atoms with Crippen LogP contribution in [0.2, 0.25) is 0 Å². The number of amides is 1. The second kappa shape index (κ2) is 5.24. The highest BCUT2D eigenvalue weighted by molar-refractivity contribution is 5.79. The predicted octanol–water partition coefficient (Wildman–Crippen LogP) is 1.60. The molecule has 2 heterocycles. The van der Waals surface area contributed by atoms with E-state index in [2.05, 4.69) is 15.4 Å². The average Bonchev–Trinajstić information content (AvgIpc) is 2.85. The SMILES string of the molecule is Cc1cc2nc(-c3ccccc3)cc(NCC(N)=O)n2n1. The third kappa shape index (κ3) is 2.69. The molecule has 21 heavy (non-hydrogen) atoms. The number of nitrogens with zero attached hydrogens (tertiary/aromatic N) is 3. The van der Waals surface area contributed by atoms with Crippen LogP contribution >= 0.6 is 0 Å². The van der Waals surface area contributed by atoms with Crippen molar-refractivity contribution >= 4 is 17.4 Å². The lowest BCUT2D eigenvalue weighted by Gasteiger charge is -2.09. The molecule has 106 valence electrons. The highest BCUT2D eigenvalue weighted by Crippen LogP contribution is 2.22. The lowest BCUT2D eigenvalue weighted by atomic mass is 10.1. The third-order valence-electron chi connectivity index (χ3n) is 3.06. The fourth-order valence-corrected chi connectivity index (χ4v) is 2.15. The summed E-state index contributed by atoms with van der Waals surface area (Å²) < 4.78 is 1.67. The molecule has 0 aliphatic carbocycles. The molecule has 0 spiro atoms. The molecule has 6 heteroatoms. The number of aromatic nitrogens is 3. The Balaban J connectivity index is 2.12. The van der Waals surface area contributed by atoms with Gasteiger partial charge in [0.2, 0.25) is 5.91 Å². The summed E-state index contributed by atoms with van der Waals surface area (Å²) in [6, 6.07) is 13.6. The van der Waals surface area contributed by atoms with Crippen LogP contribution in [0.5, 0.6) is 0 Å². The largest absolute Gasteiger partial charge is 0.368 e. The molecule has 1 amide bonds. The molecule has 0 saturated heterocycles. The Labute approximate surface area is 121 Å². The van der Waals surface area contributed by atoms with Gasteiger partial charge in [0, 0.05) is 17.7 Å². The Bertz CT molecular complexity index is 794. The van der Waals surface area contributed by atoms with Crippen LogP contribution in [0.4, 0.5) is 5.82 Å². The summed E-state index contributed by atoms with van der Waals surface area (Å²) in [6.45, 7) is 1.95. The van der Waals surface area contributed by atoms with E-state index in [9.17, 15) is 4.79 Å². The molecule has 1 aromatic carbocycles. The molecular weight excluding hydrogens is 266 g/mol. The standard InChI is InChI=1S/C15H15N5O/c1-10-7-15-18-12(11-5-3-2-4-6-11)8-14(20(15)19-10)17-9-13(16)21/h2-8,17H,9H2,1H3,(H2,16,21). The minimum Gasteiger partial charge on any atom is -0.368 e. The van der Waals surface area contributed by atoms with Gasteiger partial charge in [-0.3, -0.25) is 4.79 Å². The van der Waals surface area contributed by atoms with Gasteiger partial charge in [-0.15, -0.1) is 0 Å². The van der Waals surface area contributed by atoms with Crippen LogP contribution in [0.1, 0.15) is 5.69 Å². The molecule has 6 nitrogen and oxygen atoms in total. The van der Waals surface area contributed by atoms with Gasteiger partial charge >= 0.3 is 0 Å². The average molecular weight is 281 g/mol. The van der Waals surface area contributed by atoms with Gasteiger partial charge in [-0.05, 0) is 6.92 Å². The van der Waals surface area contributed by atoms with Crippen molar-refractivity contribution in [3.05, 3.63) is 48.2 Å². The summed E-state index contributed by atoms with van der Waals surface area (Å²) in [5.41, 5.74) is 8.59. The molecule has 3 rings (SSSR count). The van der Waals surface area contributed by atoms with E-state index in [-0.39, 0.29) is 6.54 Å². The van der Waals surface area contributed by atoms with Crippen molar-refractivity contribution in [3.8, 4) is 11.3 Å². The van der Waals surface area contributed by atoms with Crippen LogP contribution in [0.3, 0.4) is 0 Å². The molecule has 0 bridgehead atoms. The Morgan fingerprint density at radius 3 is 2.76 bits per heavy atom. The second-order valence-electron chi connectivity index (χ2n) is 4.77. The van der Waals surface area contributed by atoms with E-state index in [1.165, 1.54) is 0 Å². The van der Waals surface area contributed by atoms with Crippen molar-refractivity contribution in [2.24, 2.45) is 5.73 Å². The number of primary amides is 1. The molecule has 3 N–H and O–H groups in total. The fourth-order valence-electron chi connectivity index (χ4n) is 2.15. The van der Waals surface area contributed by atoms with E-state index in [0.29, 0.717) is 5.82 Å². The number of carbonyl (C=O) groups is 1. The fraction of sp³-hybridized carbons (Fsp3) is 0.133. The van der Waals surface area contributed by atoms with E-state index >= 15 is 0 Å². The zero-order valence-electron chi connectivity index (χ0n) is 11.6. The van der Waals surface area contributed by atoms with Gasteiger partial charge in [-0.1, -0.05) is 30.3 Å². The number of hydrogen-bond donors (Lipinski definition) is 2. The summed E-state index contributed by atoms with van der Waals surface area (Å²) in [5.74, 6) is 0.260. The van der Waals surface area contributed by atoms with Crippen molar-refractivity contribution in [3.63, 3.8) is 0 Å². The third-order valence-corrected chi connectivity index (χ3v) is 3.06. The van der Waals surface area contributed by atoms with Crippen LogP contribution in [0.25, 0.3) is 16.9 Å². The molecule has 0 unspecified atom stereocenters. The first-order valence-corrected chi connectivity index (χ1v) is 6.58. The Hall–Kier alpha value is -2.89. The first-order valence-electron chi connectivity index (χ1n) is 6.58. The van der Waals surface area contributed by atoms with E-state index in [1.54, 1.807) is 4.52 Å². The molecule has 0 saturated carbocycles. The summed E-state index contributed by atoms with van der Waals surface area (Å²) in [7, 11) is 0. The lowest BCUT2D eigenvalue weighted by Crippen LogP contribution is -2.23. The molecule has 0 aliphatic heterocycles. The van der Waals surface area contributed by atoms with Crippen LogP contribution in [0, 0.1) is 6.92 Å². The van der Waals surface area contributed by atoms with Gasteiger partial charge in [-0.25, -0.2) is 4.98 Å². The van der Waals surface area contributed by atoms with Crippen LogP contribution in [0.15, 0.2) is 42.5 Å². The Morgan fingerprint density at radius 1 is 1.29 bits per heavy atom. The molecule has 2 aromatic heterocycles. The topological polar surface area (TPSA) is 85.3 Å². The first kappa shape index (κ1) is 13.1. The van der Waals surface area contributed by atoms with Crippen molar-refractivity contribution in [2.75, 3.05) is 11.9 Å². The number of fused-ring (bicyclic) bond motifs is 1. The summed E-state index contributed by atoms with van der Waals surface area (Å²) in [4.78, 5) is 15.6. The number of nitrogens with two attached hydrogens (primary N) is 1. The van der Waals surface area contributed by atoms with Crippen LogP contribution < -0.4 is 11.1 Å². The van der Waals surface area contributed by atoms with Gasteiger partial charge in [0.25, 0.3) is 0 Å². The molecule has 3 aromatic rings. The molecule has 0 atom stereocenters. The van der Waals surface area contributed by atoms with E-state index in [0.717, 1.165) is 22.6 Å². The normalized spacial score (nSPS) is 10.7. The van der Waals surface area contributed by atoms with Gasteiger partial charge in [0.15, 0.2) is 5.65 Å². The van der Waals surface area contributed by atoms with Crippen LogP contribution in [-0.4, -0.2) is 27.0 Å². The summed E-state index contributed by atoms with van der Waals surface area (Å²) >= 11 is 0. The molecule has 0 aliphatic rings. The zero-order chi connectivity index (χ0) is 14.8. The lowest BCUT2D eigenvalue weighted by molar-refractivity contribution is -0.116. The number of rotatable bonds is 4.